The number of nitrogens with one attached hydrogen (secondary N) is 1. The lowest BCUT2D eigenvalue weighted by molar-refractivity contribution is 0.0996. The van der Waals surface area contributed by atoms with Gasteiger partial charge in [0.15, 0.2) is 5.82 Å². The van der Waals surface area contributed by atoms with Crippen LogP contribution in [0.5, 0.6) is 0 Å². The van der Waals surface area contributed by atoms with Crippen molar-refractivity contribution in [2.24, 2.45) is 0 Å². The molecule has 20 heavy (non-hydrogen) atoms. The molecule has 2 aliphatic rings. The molecular weight excluding hydrogens is 290 g/mol. The van der Waals surface area contributed by atoms with Gasteiger partial charge in [-0.05, 0) is 31.4 Å². The van der Waals surface area contributed by atoms with Crippen LogP contribution in [0.1, 0.15) is 19.3 Å². The van der Waals surface area contributed by atoms with Gasteiger partial charge in [0.2, 0.25) is 10.0 Å². The molecule has 3 rings (SSSR count). The van der Waals surface area contributed by atoms with Crippen molar-refractivity contribution < 1.29 is 21.9 Å². The number of benzene rings is 1. The van der Waals surface area contributed by atoms with E-state index >= 15 is 0 Å². The Labute approximate surface area is 115 Å². The Bertz CT molecular complexity index is 650. The molecule has 2 heterocycles. The zero-order valence-electron chi connectivity index (χ0n) is 10.5. The number of nitrogen functional groups attached to an aromatic ring is 1. The van der Waals surface area contributed by atoms with E-state index in [1.54, 1.807) is 0 Å². The second-order valence-corrected chi connectivity index (χ2v) is 6.79. The summed E-state index contributed by atoms with van der Waals surface area (Å²) in [5.74, 6) is -2.24. The van der Waals surface area contributed by atoms with Crippen molar-refractivity contribution >= 4 is 15.7 Å². The molecule has 0 spiro atoms. The van der Waals surface area contributed by atoms with Crippen LogP contribution in [0.2, 0.25) is 0 Å². The standard InChI is InChI=1S/C12H14F2N2O3S/c13-7-2-4-10(11(14)12(7)15)20(17,18)16-8-5-6-1-3-9(8)19-6/h2,4,6,8-9,16H,1,3,5,15H2. The third-order valence-electron chi connectivity index (χ3n) is 3.79. The molecule has 8 heteroatoms. The number of hydrogen-bond acceptors (Lipinski definition) is 4. The lowest BCUT2D eigenvalue weighted by Crippen LogP contribution is -2.41. The fraction of sp³-hybridized carbons (Fsp3) is 0.500. The zero-order chi connectivity index (χ0) is 14.5. The molecule has 5 nitrogen and oxygen atoms in total. The normalized spacial score (nSPS) is 29.0. The van der Waals surface area contributed by atoms with E-state index in [4.69, 9.17) is 10.5 Å². The summed E-state index contributed by atoms with van der Waals surface area (Å²) in [6.45, 7) is 0. The maximum atomic E-state index is 13.8. The van der Waals surface area contributed by atoms with Gasteiger partial charge in [0, 0.05) is 0 Å². The van der Waals surface area contributed by atoms with Crippen molar-refractivity contribution in [3.63, 3.8) is 0 Å². The summed E-state index contributed by atoms with van der Waals surface area (Å²) >= 11 is 0. The van der Waals surface area contributed by atoms with Crippen molar-refractivity contribution in [3.05, 3.63) is 23.8 Å². The summed E-state index contributed by atoms with van der Waals surface area (Å²) < 4.78 is 59.2. The van der Waals surface area contributed by atoms with E-state index in [9.17, 15) is 17.2 Å². The highest BCUT2D eigenvalue weighted by atomic mass is 32.2. The Balaban J connectivity index is 1.87. The van der Waals surface area contributed by atoms with Crippen LogP contribution in [0, 0.1) is 11.6 Å². The monoisotopic (exact) mass is 304 g/mol. The predicted molar refractivity (Wildman–Crippen MR) is 67.4 cm³/mol. The number of hydrogen-bond donors (Lipinski definition) is 2. The summed E-state index contributed by atoms with van der Waals surface area (Å²) in [5.41, 5.74) is 4.39. The molecule has 0 aliphatic carbocycles. The average molecular weight is 304 g/mol. The summed E-state index contributed by atoms with van der Waals surface area (Å²) in [6, 6.07) is 1.34. The molecule has 3 N–H and O–H groups in total. The summed E-state index contributed by atoms with van der Waals surface area (Å²) in [4.78, 5) is -0.640. The van der Waals surface area contributed by atoms with Gasteiger partial charge in [0.05, 0.1) is 18.2 Å². The maximum absolute atomic E-state index is 13.8. The minimum absolute atomic E-state index is 0.0656. The molecule has 1 aromatic carbocycles. The van der Waals surface area contributed by atoms with E-state index in [2.05, 4.69) is 4.72 Å². The Morgan fingerprint density at radius 3 is 2.65 bits per heavy atom. The van der Waals surface area contributed by atoms with Crippen LogP contribution in [0.15, 0.2) is 17.0 Å². The Kier molecular flexibility index (Phi) is 3.19. The number of sulfonamides is 1. The van der Waals surface area contributed by atoms with Crippen molar-refractivity contribution in [2.75, 3.05) is 5.73 Å². The molecule has 0 radical (unpaired) electrons. The third kappa shape index (κ3) is 2.17. The van der Waals surface area contributed by atoms with Gasteiger partial charge in [-0.1, -0.05) is 0 Å². The van der Waals surface area contributed by atoms with Crippen LogP contribution in [-0.4, -0.2) is 26.7 Å². The first-order valence-electron chi connectivity index (χ1n) is 6.30. The van der Waals surface area contributed by atoms with E-state index in [1.807, 2.05) is 0 Å². The second kappa shape index (κ2) is 4.64. The van der Waals surface area contributed by atoms with E-state index in [1.165, 1.54) is 0 Å². The molecule has 0 saturated carbocycles. The molecule has 0 amide bonds. The molecule has 2 bridgehead atoms. The van der Waals surface area contributed by atoms with Crippen LogP contribution >= 0.6 is 0 Å². The van der Waals surface area contributed by atoms with E-state index in [-0.39, 0.29) is 18.2 Å². The number of halogens is 2. The molecule has 110 valence electrons. The van der Waals surface area contributed by atoms with E-state index < -0.39 is 32.2 Å². The number of nitrogens with two attached hydrogens (primary N) is 1. The highest BCUT2D eigenvalue weighted by Crippen LogP contribution is 2.35. The van der Waals surface area contributed by atoms with Gasteiger partial charge in [-0.15, -0.1) is 0 Å². The number of ether oxygens (including phenoxy) is 1. The van der Waals surface area contributed by atoms with Crippen molar-refractivity contribution in [3.8, 4) is 0 Å². The molecular formula is C12H14F2N2O3S. The number of anilines is 1. The number of fused-ring (bicyclic) bond motifs is 2. The smallest absolute Gasteiger partial charge is 0.243 e. The molecule has 3 atom stereocenters. The minimum Gasteiger partial charge on any atom is -0.394 e. The number of rotatable bonds is 3. The first kappa shape index (κ1) is 13.7. The Morgan fingerprint density at radius 2 is 2.05 bits per heavy atom. The highest BCUT2D eigenvalue weighted by Gasteiger charge is 2.43. The topological polar surface area (TPSA) is 81.4 Å². The molecule has 1 aromatic rings. The van der Waals surface area contributed by atoms with Gasteiger partial charge in [-0.2, -0.15) is 0 Å². The van der Waals surface area contributed by atoms with Crippen molar-refractivity contribution in [2.45, 2.75) is 42.4 Å². The van der Waals surface area contributed by atoms with E-state index in [0.29, 0.717) is 6.42 Å². The summed E-state index contributed by atoms with van der Waals surface area (Å²) in [7, 11) is -4.09. The first-order chi connectivity index (χ1) is 9.38. The molecule has 0 aromatic heterocycles. The van der Waals surface area contributed by atoms with Crippen LogP contribution in [0.25, 0.3) is 0 Å². The zero-order valence-corrected chi connectivity index (χ0v) is 11.3. The fourth-order valence-electron chi connectivity index (χ4n) is 2.78. The Morgan fingerprint density at radius 1 is 1.30 bits per heavy atom. The van der Waals surface area contributed by atoms with Crippen molar-refractivity contribution in [1.82, 2.24) is 4.72 Å². The maximum Gasteiger partial charge on any atom is 0.243 e. The highest BCUT2D eigenvalue weighted by molar-refractivity contribution is 7.89. The quantitative estimate of drug-likeness (QED) is 0.821. The van der Waals surface area contributed by atoms with Gasteiger partial charge in [-0.25, -0.2) is 21.9 Å². The predicted octanol–water partition coefficient (Wildman–Crippen LogP) is 1.15. The van der Waals surface area contributed by atoms with Crippen molar-refractivity contribution in [1.29, 1.82) is 0 Å². The average Bonchev–Trinajstić information content (AvgIpc) is 2.97. The van der Waals surface area contributed by atoms with Gasteiger partial charge in [0.25, 0.3) is 0 Å². The fourth-order valence-corrected chi connectivity index (χ4v) is 4.15. The van der Waals surface area contributed by atoms with Gasteiger partial charge in [-0.3, -0.25) is 0 Å². The van der Waals surface area contributed by atoms with E-state index in [0.717, 1.165) is 25.0 Å². The molecule has 2 aliphatic heterocycles. The SMILES string of the molecule is Nc1c(F)ccc(S(=O)(=O)NC2CC3CCC2O3)c1F. The van der Waals surface area contributed by atoms with Crippen LogP contribution < -0.4 is 10.5 Å². The lowest BCUT2D eigenvalue weighted by atomic mass is 9.96. The van der Waals surface area contributed by atoms with Gasteiger partial charge >= 0.3 is 0 Å². The summed E-state index contributed by atoms with van der Waals surface area (Å²) in [5, 5.41) is 0. The van der Waals surface area contributed by atoms with Gasteiger partial charge in [0.1, 0.15) is 16.4 Å². The Hall–Kier alpha value is -1.25. The molecule has 2 saturated heterocycles. The minimum atomic E-state index is -4.09. The second-order valence-electron chi connectivity index (χ2n) is 5.11. The molecule has 3 unspecified atom stereocenters. The van der Waals surface area contributed by atoms with Crippen LogP contribution in [0.4, 0.5) is 14.5 Å². The molecule has 2 fully saturated rings. The third-order valence-corrected chi connectivity index (χ3v) is 5.30. The first-order valence-corrected chi connectivity index (χ1v) is 7.78. The lowest BCUT2D eigenvalue weighted by Gasteiger charge is -2.20. The summed E-state index contributed by atoms with van der Waals surface area (Å²) in [6.07, 6.45) is 2.17. The van der Waals surface area contributed by atoms with Crippen LogP contribution in [0.3, 0.4) is 0 Å². The van der Waals surface area contributed by atoms with Gasteiger partial charge < -0.3 is 10.5 Å². The van der Waals surface area contributed by atoms with Crippen LogP contribution in [-0.2, 0) is 14.8 Å². The largest absolute Gasteiger partial charge is 0.394 e.